The van der Waals surface area contributed by atoms with Crippen molar-refractivity contribution in [1.29, 1.82) is 0 Å². The van der Waals surface area contributed by atoms with Gasteiger partial charge >= 0.3 is 0 Å². The maximum Gasteiger partial charge on any atom is 0.253 e. The lowest BCUT2D eigenvalue weighted by atomic mass is 9.84. The Hall–Kier alpha value is -3.37. The molecule has 0 bridgehead atoms. The molecule has 1 aliphatic carbocycles. The first-order valence-electron chi connectivity index (χ1n) is 13.6. The summed E-state index contributed by atoms with van der Waals surface area (Å²) >= 11 is 0. The minimum atomic E-state index is -0.593. The first kappa shape index (κ1) is 26.2. The van der Waals surface area contributed by atoms with Crippen molar-refractivity contribution in [2.75, 3.05) is 37.4 Å². The van der Waals surface area contributed by atoms with Gasteiger partial charge < -0.3 is 30.1 Å². The lowest BCUT2D eigenvalue weighted by Crippen LogP contribution is -2.40. The zero-order valence-electron chi connectivity index (χ0n) is 22.4. The molecule has 2 fully saturated rings. The van der Waals surface area contributed by atoms with E-state index in [1.807, 2.05) is 49.2 Å². The maximum atomic E-state index is 13.2. The maximum absolute atomic E-state index is 13.2. The van der Waals surface area contributed by atoms with Crippen molar-refractivity contribution in [2.24, 2.45) is 0 Å². The van der Waals surface area contributed by atoms with E-state index in [0.29, 0.717) is 42.6 Å². The number of anilines is 3. The molecule has 1 amide bonds. The summed E-state index contributed by atoms with van der Waals surface area (Å²) in [6.07, 6.45) is 7.05. The van der Waals surface area contributed by atoms with Crippen LogP contribution in [-0.2, 0) is 4.74 Å². The van der Waals surface area contributed by atoms with Gasteiger partial charge in [0.2, 0.25) is 5.95 Å². The van der Waals surface area contributed by atoms with E-state index in [9.17, 15) is 9.90 Å². The quantitative estimate of drug-likeness (QED) is 0.403. The molecule has 3 heterocycles. The van der Waals surface area contributed by atoms with E-state index in [1.54, 1.807) is 17.7 Å². The summed E-state index contributed by atoms with van der Waals surface area (Å²) in [6.45, 7) is 5.64. The molecule has 1 aliphatic heterocycles. The summed E-state index contributed by atoms with van der Waals surface area (Å²) in [7, 11) is 1.72. The zero-order chi connectivity index (χ0) is 26.7. The van der Waals surface area contributed by atoms with Crippen molar-refractivity contribution in [3.63, 3.8) is 0 Å². The third-order valence-electron chi connectivity index (χ3n) is 7.63. The van der Waals surface area contributed by atoms with Gasteiger partial charge in [0, 0.05) is 38.0 Å². The number of nitrogens with zero attached hydrogens (tertiary/aromatic N) is 4. The van der Waals surface area contributed by atoms with Crippen molar-refractivity contribution < 1.29 is 19.4 Å². The van der Waals surface area contributed by atoms with Gasteiger partial charge in [-0.1, -0.05) is 0 Å². The molecule has 0 atom stereocenters. The van der Waals surface area contributed by atoms with Crippen molar-refractivity contribution in [3.8, 4) is 5.75 Å². The number of methoxy groups -OCH3 is 1. The van der Waals surface area contributed by atoms with Crippen LogP contribution in [-0.4, -0.2) is 75.1 Å². The van der Waals surface area contributed by atoms with Crippen LogP contribution < -0.4 is 15.4 Å². The molecule has 1 aromatic carbocycles. The first-order chi connectivity index (χ1) is 18.3. The molecular weight excluding hydrogens is 484 g/mol. The molecule has 2 aliphatic rings. The average Bonchev–Trinajstić information content (AvgIpc) is 3.40. The third-order valence-corrected chi connectivity index (χ3v) is 7.63. The molecule has 10 heteroatoms. The lowest BCUT2D eigenvalue weighted by molar-refractivity contribution is 0.0196. The highest BCUT2D eigenvalue weighted by Crippen LogP contribution is 2.32. The lowest BCUT2D eigenvalue weighted by Gasteiger charge is -2.33. The van der Waals surface area contributed by atoms with Crippen LogP contribution in [0.1, 0.15) is 62.7 Å². The van der Waals surface area contributed by atoms with Gasteiger partial charge in [-0.2, -0.15) is 4.98 Å². The van der Waals surface area contributed by atoms with Gasteiger partial charge in [0.15, 0.2) is 5.82 Å². The number of amides is 1. The SMILES string of the molecule is CCOc1cc(C(=O)N2CCC(OC)CC2)ccc1Nc1nc(NC2CCC(C)(O)CC2)c2cccn2n1. The summed E-state index contributed by atoms with van der Waals surface area (Å²) in [5.74, 6) is 1.73. The molecule has 0 unspecified atom stereocenters. The normalized spacial score (nSPS) is 22.4. The van der Waals surface area contributed by atoms with Crippen LogP contribution in [0.25, 0.3) is 5.52 Å². The summed E-state index contributed by atoms with van der Waals surface area (Å²) in [6, 6.07) is 9.60. The third kappa shape index (κ3) is 5.86. The summed E-state index contributed by atoms with van der Waals surface area (Å²) in [5, 5.41) is 21.8. The van der Waals surface area contributed by atoms with Gasteiger partial charge in [-0.15, -0.1) is 5.10 Å². The van der Waals surface area contributed by atoms with E-state index in [2.05, 4.69) is 15.7 Å². The van der Waals surface area contributed by atoms with Crippen LogP contribution >= 0.6 is 0 Å². The predicted molar refractivity (Wildman–Crippen MR) is 146 cm³/mol. The molecule has 5 rings (SSSR count). The number of likely N-dealkylation sites (tertiary alicyclic amines) is 1. The van der Waals surface area contributed by atoms with Crippen molar-refractivity contribution in [2.45, 2.75) is 70.1 Å². The Bertz CT molecular complexity index is 1260. The fraction of sp³-hybridized carbons (Fsp3) is 0.536. The number of piperidine rings is 1. The fourth-order valence-electron chi connectivity index (χ4n) is 5.30. The Morgan fingerprint density at radius 3 is 2.66 bits per heavy atom. The number of carbonyl (C=O) groups excluding carboxylic acids is 1. The molecule has 10 nitrogen and oxygen atoms in total. The molecule has 3 aromatic rings. The highest BCUT2D eigenvalue weighted by Gasteiger charge is 2.29. The van der Waals surface area contributed by atoms with Crippen molar-refractivity contribution >= 4 is 28.9 Å². The van der Waals surface area contributed by atoms with E-state index >= 15 is 0 Å². The summed E-state index contributed by atoms with van der Waals surface area (Å²) < 4.78 is 13.1. The molecule has 3 N–H and O–H groups in total. The van der Waals surface area contributed by atoms with Gasteiger partial charge in [-0.05, 0) is 82.7 Å². The van der Waals surface area contributed by atoms with E-state index in [0.717, 1.165) is 49.9 Å². The van der Waals surface area contributed by atoms with E-state index in [1.165, 1.54) is 0 Å². The second kappa shape index (κ2) is 11.2. The second-order valence-corrected chi connectivity index (χ2v) is 10.5. The van der Waals surface area contributed by atoms with Crippen LogP contribution in [0.15, 0.2) is 36.5 Å². The number of benzene rings is 1. The topological polar surface area (TPSA) is 113 Å². The molecule has 1 saturated carbocycles. The van der Waals surface area contributed by atoms with Crippen LogP contribution in [0.4, 0.5) is 17.5 Å². The zero-order valence-corrected chi connectivity index (χ0v) is 22.4. The Morgan fingerprint density at radius 1 is 1.18 bits per heavy atom. The number of ether oxygens (including phenoxy) is 2. The highest BCUT2D eigenvalue weighted by atomic mass is 16.5. The monoisotopic (exact) mass is 522 g/mol. The smallest absolute Gasteiger partial charge is 0.253 e. The largest absolute Gasteiger partial charge is 0.492 e. The number of aromatic nitrogens is 3. The number of fused-ring (bicyclic) bond motifs is 1. The van der Waals surface area contributed by atoms with Crippen molar-refractivity contribution in [1.82, 2.24) is 19.5 Å². The molecule has 0 radical (unpaired) electrons. The highest BCUT2D eigenvalue weighted by molar-refractivity contribution is 5.95. The second-order valence-electron chi connectivity index (χ2n) is 10.5. The standard InChI is InChI=1S/C28H38N6O4/c1-4-38-24-18-19(26(35)33-16-11-21(37-3)12-17-33)7-8-22(24)30-27-31-25(23-6-5-15-34(23)32-27)29-20-9-13-28(2,36)14-10-20/h5-8,15,18,20-21,36H,4,9-14,16-17H2,1-3H3,(H2,29,30,31,32). The van der Waals surface area contributed by atoms with Crippen LogP contribution in [0.3, 0.4) is 0 Å². The number of nitrogens with one attached hydrogen (secondary N) is 2. The average molecular weight is 523 g/mol. The van der Waals surface area contributed by atoms with Crippen molar-refractivity contribution in [3.05, 3.63) is 42.1 Å². The molecule has 2 aromatic heterocycles. The Morgan fingerprint density at radius 2 is 1.95 bits per heavy atom. The van der Waals surface area contributed by atoms with Gasteiger partial charge in [0.1, 0.15) is 11.3 Å². The van der Waals surface area contributed by atoms with Gasteiger partial charge in [-0.25, -0.2) is 4.52 Å². The molecular formula is C28H38N6O4. The minimum absolute atomic E-state index is 0.00462. The molecule has 1 saturated heterocycles. The van der Waals surface area contributed by atoms with Gasteiger partial charge in [0.05, 0.1) is 24.0 Å². The Balaban J connectivity index is 1.35. The van der Waals surface area contributed by atoms with E-state index in [-0.39, 0.29) is 18.1 Å². The number of hydrogen-bond acceptors (Lipinski definition) is 8. The minimum Gasteiger partial charge on any atom is -0.492 e. The van der Waals surface area contributed by atoms with Gasteiger partial charge in [0.25, 0.3) is 5.91 Å². The molecule has 204 valence electrons. The van der Waals surface area contributed by atoms with E-state index < -0.39 is 5.60 Å². The molecule has 38 heavy (non-hydrogen) atoms. The predicted octanol–water partition coefficient (Wildman–Crippen LogP) is 4.23. The number of hydrogen-bond donors (Lipinski definition) is 3. The fourth-order valence-corrected chi connectivity index (χ4v) is 5.30. The molecule has 0 spiro atoms. The summed E-state index contributed by atoms with van der Waals surface area (Å²) in [5.41, 5.74) is 1.57. The number of carbonyl (C=O) groups is 1. The first-order valence-corrected chi connectivity index (χ1v) is 13.6. The Kier molecular flexibility index (Phi) is 7.71. The van der Waals surface area contributed by atoms with E-state index in [4.69, 9.17) is 14.5 Å². The summed E-state index contributed by atoms with van der Waals surface area (Å²) in [4.78, 5) is 19.8. The number of aliphatic hydroxyl groups is 1. The van der Waals surface area contributed by atoms with Crippen LogP contribution in [0.2, 0.25) is 0 Å². The Labute approximate surface area is 223 Å². The van der Waals surface area contributed by atoms with Crippen LogP contribution in [0.5, 0.6) is 5.75 Å². The van der Waals surface area contributed by atoms with Gasteiger partial charge in [-0.3, -0.25) is 4.79 Å². The van der Waals surface area contributed by atoms with Crippen LogP contribution in [0, 0.1) is 0 Å². The number of rotatable bonds is 8.